The van der Waals surface area contributed by atoms with Crippen LogP contribution in [0.25, 0.3) is 20.3 Å². The lowest BCUT2D eigenvalue weighted by Crippen LogP contribution is -2.27. The summed E-state index contributed by atoms with van der Waals surface area (Å²) in [5.74, 6) is -0.732. The minimum atomic E-state index is -0.407. The average molecular weight is 381 g/mol. The lowest BCUT2D eigenvalue weighted by molar-refractivity contribution is -0.116. The van der Waals surface area contributed by atoms with Crippen LogP contribution in [0.5, 0.6) is 0 Å². The van der Waals surface area contributed by atoms with Gasteiger partial charge in [0, 0.05) is 10.4 Å². The number of hydrogen-bond acceptors (Lipinski definition) is 4. The zero-order valence-corrected chi connectivity index (χ0v) is 15.6. The number of benzene rings is 2. The number of aromatic nitrogens is 2. The fourth-order valence-corrected chi connectivity index (χ4v) is 4.08. The van der Waals surface area contributed by atoms with Crippen molar-refractivity contribution in [3.05, 3.63) is 70.0 Å². The predicted octanol–water partition coefficient (Wildman–Crippen LogP) is 4.01. The Morgan fingerprint density at radius 1 is 1.22 bits per heavy atom. The molecule has 0 unspecified atom stereocenters. The molecule has 0 atom stereocenters. The zero-order chi connectivity index (χ0) is 19.1. The fourth-order valence-electron chi connectivity index (χ4n) is 2.96. The number of rotatable bonds is 3. The average Bonchev–Trinajstić information content (AvgIpc) is 3.01. The number of carbonyl (C=O) groups excluding carboxylic acids is 1. The molecule has 0 fully saturated rings. The summed E-state index contributed by atoms with van der Waals surface area (Å²) in [6, 6.07) is 10.3. The molecule has 4 rings (SSSR count). The monoisotopic (exact) mass is 381 g/mol. The summed E-state index contributed by atoms with van der Waals surface area (Å²) in [4.78, 5) is 29.3. The Labute approximate surface area is 158 Å². The van der Waals surface area contributed by atoms with Crippen LogP contribution in [0.2, 0.25) is 0 Å². The molecular weight excluding hydrogens is 365 g/mol. The van der Waals surface area contributed by atoms with Crippen LogP contribution >= 0.6 is 11.3 Å². The maximum absolute atomic E-state index is 14.1. The third-order valence-electron chi connectivity index (χ3n) is 4.53. The second kappa shape index (κ2) is 6.59. The molecule has 0 spiro atoms. The van der Waals surface area contributed by atoms with E-state index in [0.717, 1.165) is 11.1 Å². The van der Waals surface area contributed by atoms with Gasteiger partial charge in [0.2, 0.25) is 5.91 Å². The molecule has 0 bridgehead atoms. The highest BCUT2D eigenvalue weighted by molar-refractivity contribution is 7.25. The topological polar surface area (TPSA) is 64.0 Å². The zero-order valence-electron chi connectivity index (χ0n) is 14.7. The van der Waals surface area contributed by atoms with Crippen molar-refractivity contribution in [1.82, 2.24) is 9.55 Å². The third-order valence-corrected chi connectivity index (χ3v) is 5.66. The third kappa shape index (κ3) is 3.10. The highest BCUT2D eigenvalue weighted by Crippen LogP contribution is 2.31. The summed E-state index contributed by atoms with van der Waals surface area (Å²) in [7, 11) is 0. The number of carbonyl (C=O) groups is 1. The van der Waals surface area contributed by atoms with E-state index in [1.807, 2.05) is 32.0 Å². The molecule has 27 heavy (non-hydrogen) atoms. The molecular formula is C20H16FN3O2S. The van der Waals surface area contributed by atoms with Crippen LogP contribution in [0.4, 0.5) is 10.1 Å². The molecule has 2 aromatic heterocycles. The van der Waals surface area contributed by atoms with Crippen molar-refractivity contribution in [3.8, 4) is 0 Å². The summed E-state index contributed by atoms with van der Waals surface area (Å²) < 4.78 is 16.3. The van der Waals surface area contributed by atoms with E-state index in [-0.39, 0.29) is 18.0 Å². The SMILES string of the molecule is Cc1ccc(NC(=O)Cn2cnc3c(sc4cccc(F)c43)c2=O)cc1C. The van der Waals surface area contributed by atoms with Gasteiger partial charge < -0.3 is 5.32 Å². The smallest absolute Gasteiger partial charge is 0.271 e. The van der Waals surface area contributed by atoms with Crippen LogP contribution in [0, 0.1) is 19.7 Å². The molecule has 4 aromatic rings. The van der Waals surface area contributed by atoms with E-state index in [9.17, 15) is 14.0 Å². The van der Waals surface area contributed by atoms with Crippen LogP contribution in [-0.2, 0) is 11.3 Å². The minimum Gasteiger partial charge on any atom is -0.325 e. The van der Waals surface area contributed by atoms with Crippen molar-refractivity contribution in [2.45, 2.75) is 20.4 Å². The molecule has 0 aliphatic heterocycles. The normalized spacial score (nSPS) is 11.2. The summed E-state index contributed by atoms with van der Waals surface area (Å²) in [6.45, 7) is 3.80. The van der Waals surface area contributed by atoms with Gasteiger partial charge in [-0.3, -0.25) is 14.2 Å². The first kappa shape index (κ1) is 17.4. The van der Waals surface area contributed by atoms with Gasteiger partial charge in [0.15, 0.2) is 0 Å². The summed E-state index contributed by atoms with van der Waals surface area (Å²) >= 11 is 1.18. The van der Waals surface area contributed by atoms with E-state index >= 15 is 0 Å². The van der Waals surface area contributed by atoms with Crippen molar-refractivity contribution >= 4 is 43.2 Å². The predicted molar refractivity (Wildman–Crippen MR) is 106 cm³/mol. The molecule has 0 aliphatic rings. The Morgan fingerprint density at radius 3 is 2.81 bits per heavy atom. The van der Waals surface area contributed by atoms with Gasteiger partial charge in [-0.1, -0.05) is 12.1 Å². The van der Waals surface area contributed by atoms with E-state index in [2.05, 4.69) is 10.3 Å². The molecule has 0 saturated heterocycles. The van der Waals surface area contributed by atoms with E-state index in [1.165, 1.54) is 28.3 Å². The van der Waals surface area contributed by atoms with Gasteiger partial charge >= 0.3 is 0 Å². The Morgan fingerprint density at radius 2 is 2.04 bits per heavy atom. The Hall–Kier alpha value is -3.06. The van der Waals surface area contributed by atoms with Gasteiger partial charge in [0.05, 0.1) is 17.2 Å². The number of fused-ring (bicyclic) bond motifs is 3. The fraction of sp³-hybridized carbons (Fsp3) is 0.150. The van der Waals surface area contributed by atoms with E-state index in [1.54, 1.807) is 12.1 Å². The Kier molecular flexibility index (Phi) is 4.24. The number of nitrogens with one attached hydrogen (secondary N) is 1. The highest BCUT2D eigenvalue weighted by atomic mass is 32.1. The quantitative estimate of drug-likeness (QED) is 0.583. The van der Waals surface area contributed by atoms with Gasteiger partial charge in [-0.05, 0) is 49.2 Å². The first-order valence-electron chi connectivity index (χ1n) is 8.37. The lowest BCUT2D eigenvalue weighted by Gasteiger charge is -2.09. The highest BCUT2D eigenvalue weighted by Gasteiger charge is 2.15. The molecule has 7 heteroatoms. The van der Waals surface area contributed by atoms with Gasteiger partial charge in [0.25, 0.3) is 5.56 Å². The second-order valence-corrected chi connectivity index (χ2v) is 7.47. The number of aryl methyl sites for hydroxylation is 2. The van der Waals surface area contributed by atoms with Crippen LogP contribution in [0.15, 0.2) is 47.5 Å². The summed E-state index contributed by atoms with van der Waals surface area (Å²) in [5, 5.41) is 3.13. The van der Waals surface area contributed by atoms with Crippen molar-refractivity contribution in [2.24, 2.45) is 0 Å². The van der Waals surface area contributed by atoms with Crippen LogP contribution in [0.3, 0.4) is 0 Å². The van der Waals surface area contributed by atoms with Crippen molar-refractivity contribution in [3.63, 3.8) is 0 Å². The van der Waals surface area contributed by atoms with Gasteiger partial charge in [-0.15, -0.1) is 11.3 Å². The molecule has 2 aromatic carbocycles. The van der Waals surface area contributed by atoms with Gasteiger partial charge in [0.1, 0.15) is 17.1 Å². The van der Waals surface area contributed by atoms with Crippen LogP contribution in [-0.4, -0.2) is 15.5 Å². The Balaban J connectivity index is 1.66. The largest absolute Gasteiger partial charge is 0.325 e. The van der Waals surface area contributed by atoms with Crippen LogP contribution < -0.4 is 10.9 Å². The number of anilines is 1. The number of thiophene rings is 1. The molecule has 1 amide bonds. The van der Waals surface area contributed by atoms with E-state index in [0.29, 0.717) is 26.0 Å². The standard InChI is InChI=1S/C20H16FN3O2S/c1-11-6-7-13(8-12(11)2)23-16(25)9-24-10-22-18-17-14(21)4-3-5-15(17)27-19(18)20(24)26/h3-8,10H,9H2,1-2H3,(H,23,25). The molecule has 0 radical (unpaired) electrons. The van der Waals surface area contributed by atoms with Gasteiger partial charge in [-0.2, -0.15) is 0 Å². The number of hydrogen-bond donors (Lipinski definition) is 1. The molecule has 5 nitrogen and oxygen atoms in total. The first-order chi connectivity index (χ1) is 12.9. The van der Waals surface area contributed by atoms with Crippen molar-refractivity contribution < 1.29 is 9.18 Å². The van der Waals surface area contributed by atoms with Crippen LogP contribution in [0.1, 0.15) is 11.1 Å². The molecule has 2 heterocycles. The van der Waals surface area contributed by atoms with E-state index < -0.39 is 5.82 Å². The lowest BCUT2D eigenvalue weighted by atomic mass is 10.1. The van der Waals surface area contributed by atoms with Crippen molar-refractivity contribution in [1.29, 1.82) is 0 Å². The van der Waals surface area contributed by atoms with Crippen molar-refractivity contribution in [2.75, 3.05) is 5.32 Å². The number of nitrogens with zero attached hydrogens (tertiary/aromatic N) is 2. The van der Waals surface area contributed by atoms with E-state index in [4.69, 9.17) is 0 Å². The minimum absolute atomic E-state index is 0.161. The molecule has 1 N–H and O–H groups in total. The second-order valence-electron chi connectivity index (χ2n) is 6.42. The van der Waals surface area contributed by atoms with Gasteiger partial charge in [-0.25, -0.2) is 9.37 Å². The number of amides is 1. The maximum Gasteiger partial charge on any atom is 0.271 e. The Bertz CT molecular complexity index is 1260. The molecule has 0 saturated carbocycles. The summed E-state index contributed by atoms with van der Waals surface area (Å²) in [5.41, 5.74) is 2.87. The number of halogens is 1. The molecule has 0 aliphatic carbocycles. The molecule has 136 valence electrons. The first-order valence-corrected chi connectivity index (χ1v) is 9.19. The summed E-state index contributed by atoms with van der Waals surface area (Å²) in [6.07, 6.45) is 1.29. The maximum atomic E-state index is 14.1.